The van der Waals surface area contributed by atoms with Crippen LogP contribution < -0.4 is 10.3 Å². The summed E-state index contributed by atoms with van der Waals surface area (Å²) in [7, 11) is 0.109. The van der Waals surface area contributed by atoms with Crippen molar-refractivity contribution in [2.45, 2.75) is 43.3 Å². The van der Waals surface area contributed by atoms with Crippen LogP contribution in [0, 0.1) is 0 Å². The molecule has 35 heavy (non-hydrogen) atoms. The van der Waals surface area contributed by atoms with Gasteiger partial charge in [-0.2, -0.15) is 0 Å². The highest BCUT2D eigenvalue weighted by Crippen LogP contribution is 2.36. The topological polar surface area (TPSA) is 98.6 Å². The number of rotatable bonds is 6. The third-order valence-corrected chi connectivity index (χ3v) is 10.6. The maximum absolute atomic E-state index is 13.9. The number of amides is 1. The van der Waals surface area contributed by atoms with E-state index in [9.17, 15) is 18.0 Å². The number of nitrogens with zero attached hydrogens (tertiary/aromatic N) is 3. The van der Waals surface area contributed by atoms with Gasteiger partial charge in [0.15, 0.2) is 15.0 Å². The Bertz CT molecular complexity index is 1460. The Labute approximate surface area is 212 Å². The number of methoxy groups -OCH3 is 1. The van der Waals surface area contributed by atoms with E-state index in [0.717, 1.165) is 31.2 Å². The first-order valence-electron chi connectivity index (χ1n) is 11.6. The van der Waals surface area contributed by atoms with Crippen LogP contribution >= 0.6 is 23.1 Å². The fraction of sp³-hybridized carbons (Fsp3) is 0.458. The summed E-state index contributed by atoms with van der Waals surface area (Å²) in [6.45, 7) is 0. The number of thiophene rings is 1. The van der Waals surface area contributed by atoms with E-state index in [4.69, 9.17) is 9.72 Å². The van der Waals surface area contributed by atoms with E-state index < -0.39 is 9.84 Å². The van der Waals surface area contributed by atoms with Crippen LogP contribution in [0.2, 0.25) is 0 Å². The molecule has 2 aromatic heterocycles. The van der Waals surface area contributed by atoms with E-state index >= 15 is 0 Å². The van der Waals surface area contributed by atoms with E-state index in [1.54, 1.807) is 36.1 Å². The van der Waals surface area contributed by atoms with E-state index in [1.807, 2.05) is 18.2 Å². The number of carbonyl (C=O) groups excluding carboxylic acids is 1. The molecule has 1 amide bonds. The molecule has 3 heterocycles. The zero-order chi connectivity index (χ0) is 24.7. The van der Waals surface area contributed by atoms with Crippen molar-refractivity contribution < 1.29 is 17.9 Å². The molecule has 1 fully saturated rings. The number of sulfone groups is 1. The van der Waals surface area contributed by atoms with Gasteiger partial charge < -0.3 is 9.64 Å². The molecular weight excluding hydrogens is 506 g/mol. The first-order chi connectivity index (χ1) is 16.8. The number of fused-ring (bicyclic) bond motifs is 3. The Morgan fingerprint density at radius 1 is 1.29 bits per heavy atom. The minimum absolute atomic E-state index is 0.00319. The normalized spacial score (nSPS) is 19.0. The Balaban J connectivity index is 1.54. The van der Waals surface area contributed by atoms with Crippen LogP contribution in [0.15, 0.2) is 34.2 Å². The van der Waals surface area contributed by atoms with Gasteiger partial charge in [0.1, 0.15) is 10.6 Å². The number of para-hydroxylation sites is 2. The number of benzene rings is 1. The predicted molar refractivity (Wildman–Crippen MR) is 139 cm³/mol. The van der Waals surface area contributed by atoms with Crippen LogP contribution in [0.25, 0.3) is 15.9 Å². The molecule has 5 rings (SSSR count). The SMILES string of the molecule is COc1ccccc1-n1c(SCC(=O)N(C)[C@@H]2CCS(=O)(=O)C2)nc2sc3c(c2c1=O)CCCC3. The highest BCUT2D eigenvalue weighted by atomic mass is 32.2. The van der Waals surface area contributed by atoms with Crippen LogP contribution in [0.5, 0.6) is 5.75 Å². The lowest BCUT2D eigenvalue weighted by Gasteiger charge is -2.23. The lowest BCUT2D eigenvalue weighted by atomic mass is 9.97. The molecule has 1 saturated heterocycles. The second-order valence-corrected chi connectivity index (χ2v) is 13.2. The summed E-state index contributed by atoms with van der Waals surface area (Å²) in [5.74, 6) is 0.504. The van der Waals surface area contributed by atoms with Gasteiger partial charge in [0.05, 0.1) is 35.4 Å². The average Bonchev–Trinajstić information content (AvgIpc) is 3.41. The Hall–Kier alpha value is -2.37. The van der Waals surface area contributed by atoms with Gasteiger partial charge in [-0.25, -0.2) is 13.4 Å². The summed E-state index contributed by atoms with van der Waals surface area (Å²) in [5.41, 5.74) is 1.53. The summed E-state index contributed by atoms with van der Waals surface area (Å²) in [5, 5.41) is 1.09. The zero-order valence-corrected chi connectivity index (χ0v) is 22.1. The minimum atomic E-state index is -3.09. The Morgan fingerprint density at radius 3 is 2.80 bits per heavy atom. The summed E-state index contributed by atoms with van der Waals surface area (Å²) in [6.07, 6.45) is 4.45. The smallest absolute Gasteiger partial charge is 0.267 e. The van der Waals surface area contributed by atoms with Gasteiger partial charge in [-0.05, 0) is 49.8 Å². The van der Waals surface area contributed by atoms with E-state index in [-0.39, 0.29) is 34.8 Å². The third kappa shape index (κ3) is 4.61. The van der Waals surface area contributed by atoms with Crippen molar-refractivity contribution in [2.75, 3.05) is 31.4 Å². The van der Waals surface area contributed by atoms with E-state index in [0.29, 0.717) is 33.2 Å². The molecule has 186 valence electrons. The van der Waals surface area contributed by atoms with Gasteiger partial charge >= 0.3 is 0 Å². The van der Waals surface area contributed by atoms with E-state index in [1.165, 1.54) is 21.5 Å². The number of aryl methyl sites for hydroxylation is 2. The highest BCUT2D eigenvalue weighted by molar-refractivity contribution is 7.99. The van der Waals surface area contributed by atoms with Crippen LogP contribution in [-0.4, -0.2) is 66.2 Å². The monoisotopic (exact) mass is 533 g/mol. The molecule has 1 atom stereocenters. The lowest BCUT2D eigenvalue weighted by Crippen LogP contribution is -2.39. The highest BCUT2D eigenvalue weighted by Gasteiger charge is 2.33. The lowest BCUT2D eigenvalue weighted by molar-refractivity contribution is -0.128. The molecule has 0 unspecified atom stereocenters. The number of ether oxygens (including phenoxy) is 1. The summed E-state index contributed by atoms with van der Waals surface area (Å²) in [4.78, 5) is 35.2. The fourth-order valence-electron chi connectivity index (χ4n) is 4.82. The molecule has 0 radical (unpaired) electrons. The number of thioether (sulfide) groups is 1. The van der Waals surface area contributed by atoms with Gasteiger partial charge in [0.25, 0.3) is 5.56 Å². The van der Waals surface area contributed by atoms with Crippen LogP contribution in [0.1, 0.15) is 29.7 Å². The Morgan fingerprint density at radius 2 is 2.06 bits per heavy atom. The number of carbonyl (C=O) groups is 1. The molecular formula is C24H27N3O5S3. The quantitative estimate of drug-likeness (QED) is 0.355. The van der Waals surface area contributed by atoms with Crippen LogP contribution in [-0.2, 0) is 27.5 Å². The number of hydrogen-bond acceptors (Lipinski definition) is 8. The first-order valence-corrected chi connectivity index (χ1v) is 15.2. The van der Waals surface area contributed by atoms with Crippen LogP contribution in [0.3, 0.4) is 0 Å². The van der Waals surface area contributed by atoms with Crippen molar-refractivity contribution in [1.82, 2.24) is 14.5 Å². The molecule has 0 bridgehead atoms. The van der Waals surface area contributed by atoms with Crippen molar-refractivity contribution >= 4 is 49.1 Å². The molecule has 8 nitrogen and oxygen atoms in total. The number of hydrogen-bond donors (Lipinski definition) is 0. The summed E-state index contributed by atoms with van der Waals surface area (Å²) >= 11 is 2.77. The predicted octanol–water partition coefficient (Wildman–Crippen LogP) is 3.07. The van der Waals surface area contributed by atoms with Gasteiger partial charge in [-0.3, -0.25) is 14.2 Å². The molecule has 11 heteroatoms. The molecule has 1 aliphatic heterocycles. The minimum Gasteiger partial charge on any atom is -0.495 e. The third-order valence-electron chi connectivity index (χ3n) is 6.76. The molecule has 3 aromatic rings. The van der Waals surface area contributed by atoms with Gasteiger partial charge in [-0.15, -0.1) is 11.3 Å². The summed E-state index contributed by atoms with van der Waals surface area (Å²) in [6, 6.07) is 6.97. The van der Waals surface area contributed by atoms with Crippen molar-refractivity contribution in [2.24, 2.45) is 0 Å². The Kier molecular flexibility index (Phi) is 6.67. The fourth-order valence-corrected chi connectivity index (χ4v) is 8.83. The van der Waals surface area contributed by atoms with Gasteiger partial charge in [0, 0.05) is 18.0 Å². The zero-order valence-electron chi connectivity index (χ0n) is 19.7. The molecule has 1 aromatic carbocycles. The number of aromatic nitrogens is 2. The second kappa shape index (κ2) is 9.59. The van der Waals surface area contributed by atoms with Gasteiger partial charge in [0.2, 0.25) is 5.91 Å². The van der Waals surface area contributed by atoms with Crippen LogP contribution in [0.4, 0.5) is 0 Å². The van der Waals surface area contributed by atoms with Crippen molar-refractivity contribution in [3.05, 3.63) is 45.1 Å². The van der Waals surface area contributed by atoms with Crippen molar-refractivity contribution in [3.8, 4) is 11.4 Å². The largest absolute Gasteiger partial charge is 0.495 e. The standard InChI is InChI=1S/C24H27N3O5S3/c1-26(15-11-12-35(30,31)14-15)20(28)13-33-24-25-22-21(16-7-3-6-10-19(16)34-22)23(29)27(24)17-8-4-5-9-18(17)32-2/h4-5,8-9,15H,3,6-7,10-14H2,1-2H3/t15-/m1/s1. The maximum atomic E-state index is 13.9. The molecule has 0 spiro atoms. The molecule has 0 saturated carbocycles. The first kappa shape index (κ1) is 24.3. The van der Waals surface area contributed by atoms with Crippen molar-refractivity contribution in [3.63, 3.8) is 0 Å². The molecule has 2 aliphatic rings. The average molecular weight is 534 g/mol. The molecule has 0 N–H and O–H groups in total. The van der Waals surface area contributed by atoms with Crippen molar-refractivity contribution in [1.29, 1.82) is 0 Å². The van der Waals surface area contributed by atoms with E-state index in [2.05, 4.69) is 0 Å². The summed E-state index contributed by atoms with van der Waals surface area (Å²) < 4.78 is 30.8. The van der Waals surface area contributed by atoms with Gasteiger partial charge in [-0.1, -0.05) is 23.9 Å². The molecule has 1 aliphatic carbocycles. The second-order valence-electron chi connectivity index (χ2n) is 8.95. The maximum Gasteiger partial charge on any atom is 0.267 e.